The zero-order valence-corrected chi connectivity index (χ0v) is 19.8. The normalized spacial score (nSPS) is 13.0. The Kier molecular flexibility index (Phi) is 11.6. The molecule has 0 spiro atoms. The summed E-state index contributed by atoms with van der Waals surface area (Å²) in [5.41, 5.74) is 0.882. The van der Waals surface area contributed by atoms with Gasteiger partial charge in [-0.25, -0.2) is 4.79 Å². The van der Waals surface area contributed by atoms with Crippen LogP contribution in [0.2, 0.25) is 6.43 Å². The lowest BCUT2D eigenvalue weighted by molar-refractivity contribution is -0.149. The Hall–Kier alpha value is -2.61. The molecule has 0 saturated carbocycles. The van der Waals surface area contributed by atoms with Gasteiger partial charge in [0.1, 0.15) is 12.1 Å². The smallest absolute Gasteiger partial charge is 0.328 e. The van der Waals surface area contributed by atoms with E-state index in [1.54, 1.807) is 52.0 Å². The molecule has 0 saturated heterocycles. The molecule has 1 aromatic rings. The molecule has 0 unspecified atom stereocenters. The number of nitrogens with one attached hydrogen (secondary N) is 2. The molecule has 9 heteroatoms. The Morgan fingerprint density at radius 1 is 1.03 bits per heavy atom. The molecule has 2 N–H and O–H groups in total. The monoisotopic (exact) mass is 469 g/mol. The van der Waals surface area contributed by atoms with Gasteiger partial charge in [0.05, 0.1) is 13.2 Å². The first kappa shape index (κ1) is 25.6. The second-order valence-electron chi connectivity index (χ2n) is 7.50. The molecule has 0 aliphatic carbocycles. The fraction of sp³-hybridized carbons (Fsp3) is 0.565. The van der Waals surface area contributed by atoms with Crippen LogP contribution in [0.1, 0.15) is 52.5 Å². The lowest BCUT2D eigenvalue weighted by Crippen LogP contribution is -2.54. The van der Waals surface area contributed by atoms with E-state index in [4.69, 9.17) is 22.5 Å². The summed E-state index contributed by atoms with van der Waals surface area (Å²) in [6.45, 7) is 7.02. The van der Waals surface area contributed by atoms with Gasteiger partial charge in [0.2, 0.25) is 11.8 Å². The first-order valence-corrected chi connectivity index (χ1v) is 11.2. The highest BCUT2D eigenvalue weighted by Crippen LogP contribution is 2.12. The second kappa shape index (κ2) is 14.5. The van der Waals surface area contributed by atoms with E-state index in [0.717, 1.165) is 5.56 Å². The number of hydrogen-bond acceptors (Lipinski definition) is 6. The van der Waals surface area contributed by atoms with Crippen molar-refractivity contribution in [1.82, 2.24) is 10.6 Å². The Bertz CT molecular complexity index is 803. The highest BCUT2D eigenvalue weighted by atomic mass is 35.5. The van der Waals surface area contributed by atoms with Crippen molar-refractivity contribution >= 4 is 35.4 Å². The van der Waals surface area contributed by atoms with Gasteiger partial charge in [0.15, 0.2) is 1.41 Å². The maximum atomic E-state index is 13.0. The summed E-state index contributed by atoms with van der Waals surface area (Å²) in [5, 5.41) is 3.79. The molecule has 0 radical (unpaired) electrons. The van der Waals surface area contributed by atoms with Crippen LogP contribution in [0, 0.1) is 5.92 Å². The minimum Gasteiger partial charge on any atom is -0.466 e. The topological polar surface area (TPSA) is 111 Å². The molecule has 2 atom stereocenters. The number of carbonyl (C=O) groups is 4. The number of esters is 2. The summed E-state index contributed by atoms with van der Waals surface area (Å²) in [7, 11) is 0. The zero-order chi connectivity index (χ0) is 25.0. The maximum Gasteiger partial charge on any atom is 0.328 e. The van der Waals surface area contributed by atoms with Gasteiger partial charge in [-0.15, -0.1) is 0 Å². The third kappa shape index (κ3) is 10.1. The molecule has 1 aromatic carbocycles. The molecule has 32 heavy (non-hydrogen) atoms. The van der Waals surface area contributed by atoms with E-state index in [9.17, 15) is 19.2 Å². The Morgan fingerprint density at radius 3 is 2.22 bits per heavy atom. The molecule has 0 bridgehead atoms. The first-order chi connectivity index (χ1) is 15.6. The first-order valence-electron chi connectivity index (χ1n) is 11.2. The molecule has 0 fully saturated rings. The van der Waals surface area contributed by atoms with Gasteiger partial charge >= 0.3 is 11.9 Å². The van der Waals surface area contributed by atoms with Crippen molar-refractivity contribution < 1.29 is 30.1 Å². The van der Waals surface area contributed by atoms with Crippen LogP contribution in [0.4, 0.5) is 0 Å². The lowest BCUT2D eigenvalue weighted by Gasteiger charge is -2.24. The van der Waals surface area contributed by atoms with Crippen molar-refractivity contribution in [3.05, 3.63) is 34.9 Å². The van der Waals surface area contributed by atoms with E-state index in [0.29, 0.717) is 16.8 Å². The van der Waals surface area contributed by atoms with Crippen molar-refractivity contribution in [3.8, 4) is 0 Å². The van der Waals surface area contributed by atoms with Gasteiger partial charge in [0, 0.05) is 17.9 Å². The fourth-order valence-corrected chi connectivity index (χ4v) is 3.00. The number of aryl methyl sites for hydroxylation is 1. The van der Waals surface area contributed by atoms with E-state index < -0.39 is 41.8 Å². The Morgan fingerprint density at radius 2 is 1.66 bits per heavy atom. The number of halogens is 1. The van der Waals surface area contributed by atoms with Gasteiger partial charge in [-0.05, 0) is 50.3 Å². The summed E-state index contributed by atoms with van der Waals surface area (Å²) in [4.78, 5) is 49.6. The predicted molar refractivity (Wildman–Crippen MR) is 121 cm³/mol. The average Bonchev–Trinajstić information content (AvgIpc) is 2.76. The van der Waals surface area contributed by atoms with E-state index in [1.165, 1.54) is 0 Å². The summed E-state index contributed by atoms with van der Waals surface area (Å²) >= 11 is 5.87. The van der Waals surface area contributed by atoms with Crippen LogP contribution < -0.4 is 10.6 Å². The van der Waals surface area contributed by atoms with Crippen LogP contribution in [0.5, 0.6) is 0 Å². The summed E-state index contributed by atoms with van der Waals surface area (Å²) in [5.74, 6) is -2.78. The number of hydrogen-bond donors (Lipinski definition) is 2. The minimum atomic E-state index is -1.12. The minimum absolute atomic E-state index is 0.0171. The number of amides is 2. The third-order valence-corrected chi connectivity index (χ3v) is 4.81. The van der Waals surface area contributed by atoms with Crippen LogP contribution in [-0.4, -0.2) is 49.1 Å². The summed E-state index contributed by atoms with van der Waals surface area (Å²) < 4.78 is 18.1. The average molecular weight is 470 g/mol. The molecule has 0 heterocycles. The second-order valence-corrected chi connectivity index (χ2v) is 7.93. The van der Waals surface area contributed by atoms with Gasteiger partial charge in [-0.2, -0.15) is 0 Å². The Labute approximate surface area is 195 Å². The van der Waals surface area contributed by atoms with Crippen LogP contribution in [-0.2, 0) is 35.1 Å². The Balaban J connectivity index is 2.84. The fourth-order valence-electron chi connectivity index (χ4n) is 2.88. The van der Waals surface area contributed by atoms with Crippen LogP contribution >= 0.6 is 11.6 Å². The number of carbonyl (C=O) groups excluding carboxylic acids is 4. The standard InChI is InChI=1S/C23H33ClN2O6/c1-5-31-20(28)14-12-18(23(30)32-6-2)25-22(29)21(15(3)4)26-19(27)13-9-16-7-10-17(24)11-8-16/h7-8,10-11,15,18,21H,5-6,9,12-14H2,1-4H3,(H,25,29)(H,26,27)/t18-,21-/m0/s1/i/hD. The molecular weight excluding hydrogens is 436 g/mol. The lowest BCUT2D eigenvalue weighted by atomic mass is 10.0. The molecule has 2 amide bonds. The largest absolute Gasteiger partial charge is 0.466 e. The molecular formula is C23H33ClN2O6. The van der Waals surface area contributed by atoms with Gasteiger partial charge in [-0.1, -0.05) is 37.6 Å². The highest BCUT2D eigenvalue weighted by Gasteiger charge is 2.29. The SMILES string of the molecule is [2H]N(C(=O)CCc1ccc(Cl)cc1)[C@H](C(=O)N[C@@H](CCC(=O)OCC)C(=O)OCC)C(C)C. The van der Waals surface area contributed by atoms with E-state index in [2.05, 4.69) is 5.32 Å². The third-order valence-electron chi connectivity index (χ3n) is 4.55. The van der Waals surface area contributed by atoms with Crippen molar-refractivity contribution in [3.63, 3.8) is 0 Å². The molecule has 0 aliphatic rings. The van der Waals surface area contributed by atoms with Crippen LogP contribution in [0.15, 0.2) is 24.3 Å². The van der Waals surface area contributed by atoms with Crippen LogP contribution in [0.3, 0.4) is 0 Å². The molecule has 0 aliphatic heterocycles. The van der Waals surface area contributed by atoms with E-state index in [-0.39, 0.29) is 32.5 Å². The van der Waals surface area contributed by atoms with E-state index >= 15 is 0 Å². The highest BCUT2D eigenvalue weighted by molar-refractivity contribution is 6.30. The predicted octanol–water partition coefficient (Wildman–Crippen LogP) is 2.80. The molecule has 8 nitrogen and oxygen atoms in total. The van der Waals surface area contributed by atoms with Gasteiger partial charge < -0.3 is 20.1 Å². The number of benzene rings is 1. The van der Waals surface area contributed by atoms with Crippen molar-refractivity contribution in [2.24, 2.45) is 5.92 Å². The van der Waals surface area contributed by atoms with Crippen molar-refractivity contribution in [2.75, 3.05) is 13.2 Å². The summed E-state index contributed by atoms with van der Waals surface area (Å²) in [6, 6.07) is 4.81. The summed E-state index contributed by atoms with van der Waals surface area (Å²) in [6.07, 6.45) is 0.319. The van der Waals surface area contributed by atoms with Gasteiger partial charge in [0.25, 0.3) is 0 Å². The molecule has 1 rings (SSSR count). The van der Waals surface area contributed by atoms with Crippen molar-refractivity contribution in [2.45, 2.75) is 65.5 Å². The van der Waals surface area contributed by atoms with E-state index in [1.807, 2.05) is 0 Å². The number of rotatable bonds is 13. The maximum absolute atomic E-state index is 13.0. The van der Waals surface area contributed by atoms with Crippen LogP contribution in [0.25, 0.3) is 0 Å². The quantitative estimate of drug-likeness (QED) is 0.430. The molecule has 0 aromatic heterocycles. The number of ether oxygens (including phenoxy) is 2. The van der Waals surface area contributed by atoms with Crippen molar-refractivity contribution in [1.29, 1.82) is 0 Å². The molecule has 178 valence electrons. The van der Waals surface area contributed by atoms with Gasteiger partial charge in [-0.3, -0.25) is 14.4 Å². The zero-order valence-electron chi connectivity index (χ0n) is 20.1.